The molecule has 0 amide bonds. The molecule has 0 aromatic heterocycles. The summed E-state index contributed by atoms with van der Waals surface area (Å²) in [6, 6.07) is 10.8. The Balaban J connectivity index is 2.05. The zero-order valence-electron chi connectivity index (χ0n) is 13.2. The molecule has 1 N–H and O–H groups in total. The Morgan fingerprint density at radius 2 is 1.72 bits per heavy atom. The summed E-state index contributed by atoms with van der Waals surface area (Å²) in [5.74, 6) is -0.00238. The Labute approximate surface area is 142 Å². The monoisotopic (exact) mass is 352 g/mol. The number of carboxylic acid groups (broad SMARTS) is 1. The van der Waals surface area contributed by atoms with Crippen molar-refractivity contribution in [1.29, 1.82) is 0 Å². The zero-order valence-corrected chi connectivity index (χ0v) is 13.2. The number of aliphatic carboxylic acids is 1. The van der Waals surface area contributed by atoms with Crippen LogP contribution in [0, 0.1) is 0 Å². The van der Waals surface area contributed by atoms with Crippen LogP contribution in [0.15, 0.2) is 60.7 Å². The second-order valence-corrected chi connectivity index (χ2v) is 5.12. The number of hydrogen-bond donors (Lipinski definition) is 1. The first-order valence-corrected chi connectivity index (χ1v) is 7.27. The number of carboxylic acids is 1. The van der Waals surface area contributed by atoms with Gasteiger partial charge in [0.25, 0.3) is 0 Å². The van der Waals surface area contributed by atoms with Crippen LogP contribution in [0.4, 0.5) is 13.2 Å². The predicted molar refractivity (Wildman–Crippen MR) is 84.8 cm³/mol. The third-order valence-corrected chi connectivity index (χ3v) is 3.05. The molecule has 7 heteroatoms. The van der Waals surface area contributed by atoms with Crippen LogP contribution < -0.4 is 9.47 Å². The van der Waals surface area contributed by atoms with E-state index in [0.717, 1.165) is 18.2 Å². The van der Waals surface area contributed by atoms with Gasteiger partial charge < -0.3 is 14.6 Å². The molecule has 1 atom stereocenters. The van der Waals surface area contributed by atoms with Gasteiger partial charge in [-0.05, 0) is 49.4 Å². The molecular formula is C18H15F3O4. The van der Waals surface area contributed by atoms with Crippen LogP contribution in [0.25, 0.3) is 0 Å². The lowest BCUT2D eigenvalue weighted by Crippen LogP contribution is -2.08. The van der Waals surface area contributed by atoms with Gasteiger partial charge in [-0.15, -0.1) is 0 Å². The highest BCUT2D eigenvalue weighted by molar-refractivity contribution is 5.79. The van der Waals surface area contributed by atoms with Gasteiger partial charge in [0, 0.05) is 12.1 Å². The number of halogens is 3. The van der Waals surface area contributed by atoms with Crippen molar-refractivity contribution in [2.24, 2.45) is 0 Å². The maximum absolute atomic E-state index is 12.5. The van der Waals surface area contributed by atoms with Crippen LogP contribution in [-0.4, -0.2) is 17.2 Å². The van der Waals surface area contributed by atoms with E-state index in [2.05, 4.69) is 0 Å². The van der Waals surface area contributed by atoms with E-state index < -0.39 is 23.8 Å². The molecule has 2 aromatic rings. The third-order valence-electron chi connectivity index (χ3n) is 3.05. The van der Waals surface area contributed by atoms with Crippen molar-refractivity contribution in [3.05, 3.63) is 66.2 Å². The van der Waals surface area contributed by atoms with Crippen LogP contribution in [0.5, 0.6) is 17.2 Å². The molecule has 0 fully saturated rings. The fourth-order valence-electron chi connectivity index (χ4n) is 1.93. The first kappa shape index (κ1) is 18.4. The van der Waals surface area contributed by atoms with Crippen molar-refractivity contribution >= 4 is 5.97 Å². The standard InChI is InChI=1S/C18H15F3O4/c1-12(5-10-17(22)23)24-15-3-2-4-16(11-15)25-14-8-6-13(7-9-14)18(19,20)21/h2-12H,1H3,(H,22,23)/b10-5+. The molecule has 0 bridgehead atoms. The third kappa shape index (κ3) is 5.87. The summed E-state index contributed by atoms with van der Waals surface area (Å²) in [6.07, 6.45) is -2.51. The van der Waals surface area contributed by atoms with Crippen LogP contribution in [-0.2, 0) is 11.0 Å². The molecule has 0 saturated carbocycles. The van der Waals surface area contributed by atoms with E-state index in [1.54, 1.807) is 31.2 Å². The van der Waals surface area contributed by atoms with Crippen LogP contribution in [0.2, 0.25) is 0 Å². The average molecular weight is 352 g/mol. The van der Waals surface area contributed by atoms with Gasteiger partial charge in [-0.3, -0.25) is 0 Å². The predicted octanol–water partition coefficient (Wildman–Crippen LogP) is 4.91. The summed E-state index contributed by atoms with van der Waals surface area (Å²) in [4.78, 5) is 10.5. The van der Waals surface area contributed by atoms with Gasteiger partial charge in [0.2, 0.25) is 0 Å². The van der Waals surface area contributed by atoms with Crippen molar-refractivity contribution in [1.82, 2.24) is 0 Å². The minimum Gasteiger partial charge on any atom is -0.487 e. The summed E-state index contributed by atoms with van der Waals surface area (Å²) < 4.78 is 48.6. The molecule has 2 rings (SSSR count). The molecule has 2 aromatic carbocycles. The highest BCUT2D eigenvalue weighted by Crippen LogP contribution is 2.32. The highest BCUT2D eigenvalue weighted by atomic mass is 19.4. The fraction of sp³-hybridized carbons (Fsp3) is 0.167. The van der Waals surface area contributed by atoms with Gasteiger partial charge in [0.05, 0.1) is 5.56 Å². The van der Waals surface area contributed by atoms with Crippen molar-refractivity contribution < 1.29 is 32.5 Å². The minimum absolute atomic E-state index is 0.254. The SMILES string of the molecule is CC(/C=C/C(=O)O)Oc1cccc(Oc2ccc(C(F)(F)F)cc2)c1. The number of alkyl halides is 3. The highest BCUT2D eigenvalue weighted by Gasteiger charge is 2.30. The molecule has 0 heterocycles. The van der Waals surface area contributed by atoms with E-state index in [9.17, 15) is 18.0 Å². The number of rotatable bonds is 6. The van der Waals surface area contributed by atoms with E-state index in [1.165, 1.54) is 18.2 Å². The Hall–Kier alpha value is -2.96. The van der Waals surface area contributed by atoms with Crippen LogP contribution in [0.3, 0.4) is 0 Å². The summed E-state index contributed by atoms with van der Waals surface area (Å²) in [5.41, 5.74) is -0.754. The largest absolute Gasteiger partial charge is 0.487 e. The lowest BCUT2D eigenvalue weighted by molar-refractivity contribution is -0.137. The lowest BCUT2D eigenvalue weighted by Gasteiger charge is -2.13. The molecule has 0 aliphatic carbocycles. The molecule has 0 saturated heterocycles. The van der Waals surface area contributed by atoms with Gasteiger partial charge in [-0.2, -0.15) is 13.2 Å². The molecule has 0 aliphatic heterocycles. The molecule has 25 heavy (non-hydrogen) atoms. The lowest BCUT2D eigenvalue weighted by atomic mass is 10.2. The number of carbonyl (C=O) groups is 1. The van der Waals surface area contributed by atoms with Crippen molar-refractivity contribution in [3.8, 4) is 17.2 Å². The molecule has 0 aliphatic rings. The van der Waals surface area contributed by atoms with Gasteiger partial charge in [-0.25, -0.2) is 4.79 Å². The van der Waals surface area contributed by atoms with Crippen molar-refractivity contribution in [2.45, 2.75) is 19.2 Å². The number of benzene rings is 2. The molecule has 0 spiro atoms. The Bertz CT molecular complexity index is 752. The first-order valence-electron chi connectivity index (χ1n) is 7.27. The van der Waals surface area contributed by atoms with E-state index in [4.69, 9.17) is 14.6 Å². The van der Waals surface area contributed by atoms with E-state index in [0.29, 0.717) is 11.5 Å². The molecule has 1 unspecified atom stereocenters. The molecule has 0 radical (unpaired) electrons. The maximum Gasteiger partial charge on any atom is 0.416 e. The second kappa shape index (κ2) is 7.74. The number of ether oxygens (including phenoxy) is 2. The van der Waals surface area contributed by atoms with Gasteiger partial charge in [-0.1, -0.05) is 6.07 Å². The second-order valence-electron chi connectivity index (χ2n) is 5.12. The maximum atomic E-state index is 12.5. The number of hydrogen-bond acceptors (Lipinski definition) is 3. The van der Waals surface area contributed by atoms with Crippen LogP contribution >= 0.6 is 0 Å². The molecule has 132 valence electrons. The van der Waals surface area contributed by atoms with Crippen molar-refractivity contribution in [2.75, 3.05) is 0 Å². The molecule has 4 nitrogen and oxygen atoms in total. The quantitative estimate of drug-likeness (QED) is 0.751. The van der Waals surface area contributed by atoms with E-state index in [1.807, 2.05) is 0 Å². The van der Waals surface area contributed by atoms with Crippen molar-refractivity contribution in [3.63, 3.8) is 0 Å². The normalized spacial score (nSPS) is 12.8. The van der Waals surface area contributed by atoms with Gasteiger partial charge in [0.15, 0.2) is 0 Å². The Kier molecular flexibility index (Phi) is 5.69. The summed E-state index contributed by atoms with van der Waals surface area (Å²) >= 11 is 0. The Morgan fingerprint density at radius 1 is 1.08 bits per heavy atom. The summed E-state index contributed by atoms with van der Waals surface area (Å²) in [6.45, 7) is 1.67. The smallest absolute Gasteiger partial charge is 0.416 e. The van der Waals surface area contributed by atoms with Gasteiger partial charge in [0.1, 0.15) is 23.4 Å². The Morgan fingerprint density at radius 3 is 2.32 bits per heavy atom. The van der Waals surface area contributed by atoms with E-state index >= 15 is 0 Å². The van der Waals surface area contributed by atoms with E-state index in [-0.39, 0.29) is 5.75 Å². The van der Waals surface area contributed by atoms with Gasteiger partial charge >= 0.3 is 12.1 Å². The van der Waals surface area contributed by atoms with Crippen LogP contribution in [0.1, 0.15) is 12.5 Å². The average Bonchev–Trinajstić information content (AvgIpc) is 2.53. The summed E-state index contributed by atoms with van der Waals surface area (Å²) in [7, 11) is 0. The summed E-state index contributed by atoms with van der Waals surface area (Å²) in [5, 5.41) is 8.57. The fourth-order valence-corrected chi connectivity index (χ4v) is 1.93. The molecular weight excluding hydrogens is 337 g/mol. The minimum atomic E-state index is -4.40. The first-order chi connectivity index (χ1) is 11.7. The zero-order chi connectivity index (χ0) is 18.4. The topological polar surface area (TPSA) is 55.8 Å².